The Morgan fingerprint density at radius 1 is 1.19 bits per heavy atom. The third-order valence-corrected chi connectivity index (χ3v) is 5.04. The second-order valence-electron chi connectivity index (χ2n) is 6.86. The van der Waals surface area contributed by atoms with Crippen molar-refractivity contribution >= 4 is 0 Å². The molecule has 1 saturated carbocycles. The number of aromatic nitrogens is 4. The van der Waals surface area contributed by atoms with Crippen LogP contribution < -0.4 is 0 Å². The molecule has 1 aliphatic heterocycles. The van der Waals surface area contributed by atoms with E-state index in [0.29, 0.717) is 19.2 Å². The summed E-state index contributed by atoms with van der Waals surface area (Å²) in [7, 11) is 0. The zero-order valence-electron chi connectivity index (χ0n) is 14.4. The molecule has 1 aliphatic carbocycles. The number of ether oxygens (including phenoxy) is 1. The van der Waals surface area contributed by atoms with Crippen LogP contribution in [0.4, 0.5) is 13.2 Å². The molecule has 0 spiro atoms. The van der Waals surface area contributed by atoms with Gasteiger partial charge in [0.1, 0.15) is 0 Å². The van der Waals surface area contributed by atoms with Crippen LogP contribution in [0, 0.1) is 0 Å². The number of nitrogens with zero attached hydrogens (tertiary/aromatic N) is 5. The van der Waals surface area contributed by atoms with Crippen molar-refractivity contribution in [1.82, 2.24) is 25.1 Å². The summed E-state index contributed by atoms with van der Waals surface area (Å²) in [5.41, 5.74) is 0.0996. The SMILES string of the molecule is CC(c1nnnn1C1CC1)N1CCOC(c2ccc(C(F)(F)F)cc2)C1. The molecule has 0 bridgehead atoms. The van der Waals surface area contributed by atoms with Gasteiger partial charge in [-0.1, -0.05) is 12.1 Å². The van der Waals surface area contributed by atoms with Crippen LogP contribution >= 0.6 is 0 Å². The lowest BCUT2D eigenvalue weighted by Gasteiger charge is -2.36. The first-order valence-corrected chi connectivity index (χ1v) is 8.74. The number of hydrogen-bond acceptors (Lipinski definition) is 5. The van der Waals surface area contributed by atoms with Gasteiger partial charge in [-0.2, -0.15) is 13.2 Å². The Bertz CT molecular complexity index is 757. The van der Waals surface area contributed by atoms with Gasteiger partial charge < -0.3 is 4.74 Å². The Morgan fingerprint density at radius 2 is 1.92 bits per heavy atom. The molecule has 140 valence electrons. The fraction of sp³-hybridized carbons (Fsp3) is 0.588. The molecule has 1 saturated heterocycles. The van der Waals surface area contributed by atoms with Crippen LogP contribution in [0.25, 0.3) is 0 Å². The summed E-state index contributed by atoms with van der Waals surface area (Å²) in [6.07, 6.45) is -2.39. The van der Waals surface area contributed by atoms with Crippen molar-refractivity contribution < 1.29 is 17.9 Å². The normalized spacial score (nSPS) is 23.2. The van der Waals surface area contributed by atoms with E-state index in [2.05, 4.69) is 27.3 Å². The van der Waals surface area contributed by atoms with Gasteiger partial charge in [-0.3, -0.25) is 4.90 Å². The van der Waals surface area contributed by atoms with Crippen molar-refractivity contribution in [3.8, 4) is 0 Å². The number of tetrazole rings is 1. The van der Waals surface area contributed by atoms with Crippen molar-refractivity contribution in [2.75, 3.05) is 19.7 Å². The monoisotopic (exact) mass is 367 g/mol. The van der Waals surface area contributed by atoms with Crippen molar-refractivity contribution in [3.05, 3.63) is 41.2 Å². The quantitative estimate of drug-likeness (QED) is 0.831. The van der Waals surface area contributed by atoms with Gasteiger partial charge >= 0.3 is 6.18 Å². The molecule has 2 heterocycles. The van der Waals surface area contributed by atoms with Gasteiger partial charge in [-0.25, -0.2) is 4.68 Å². The summed E-state index contributed by atoms with van der Waals surface area (Å²) in [5.74, 6) is 0.834. The van der Waals surface area contributed by atoms with E-state index in [1.54, 1.807) is 0 Å². The number of halogens is 3. The fourth-order valence-corrected chi connectivity index (χ4v) is 3.33. The maximum atomic E-state index is 12.7. The molecule has 0 N–H and O–H groups in total. The summed E-state index contributed by atoms with van der Waals surface area (Å²) < 4.78 is 45.9. The van der Waals surface area contributed by atoms with Gasteiger partial charge in [-0.05, 0) is 47.9 Å². The highest BCUT2D eigenvalue weighted by Gasteiger charge is 2.34. The number of alkyl halides is 3. The maximum absolute atomic E-state index is 12.7. The lowest BCUT2D eigenvalue weighted by molar-refractivity contribution is -0.137. The summed E-state index contributed by atoms with van der Waals surface area (Å²) in [6, 6.07) is 5.62. The molecule has 2 fully saturated rings. The molecule has 26 heavy (non-hydrogen) atoms. The standard InChI is InChI=1S/C17H20F3N5O/c1-11(16-21-22-23-25(16)14-6-7-14)24-8-9-26-15(10-24)12-2-4-13(5-3-12)17(18,19)20/h2-5,11,14-15H,6-10H2,1H3. The summed E-state index contributed by atoms with van der Waals surface area (Å²) in [5, 5.41) is 12.1. The topological polar surface area (TPSA) is 56.1 Å². The molecule has 1 aromatic heterocycles. The largest absolute Gasteiger partial charge is 0.416 e. The van der Waals surface area contributed by atoms with Crippen LogP contribution in [0.5, 0.6) is 0 Å². The second-order valence-corrected chi connectivity index (χ2v) is 6.86. The van der Waals surface area contributed by atoms with E-state index < -0.39 is 11.7 Å². The third-order valence-electron chi connectivity index (χ3n) is 5.04. The molecule has 9 heteroatoms. The molecular weight excluding hydrogens is 347 g/mol. The van der Waals surface area contributed by atoms with Gasteiger partial charge in [0.15, 0.2) is 5.82 Å². The molecule has 1 aromatic carbocycles. The minimum absolute atomic E-state index is 0.0199. The number of hydrogen-bond donors (Lipinski definition) is 0. The first-order valence-electron chi connectivity index (χ1n) is 8.74. The molecule has 6 nitrogen and oxygen atoms in total. The molecular formula is C17H20F3N5O. The van der Waals surface area contributed by atoms with Crippen LogP contribution in [0.1, 0.15) is 54.9 Å². The van der Waals surface area contributed by atoms with Crippen molar-refractivity contribution in [2.24, 2.45) is 0 Å². The number of rotatable bonds is 4. The van der Waals surface area contributed by atoms with Crippen LogP contribution in [0.15, 0.2) is 24.3 Å². The molecule has 0 radical (unpaired) electrons. The van der Waals surface area contributed by atoms with E-state index in [4.69, 9.17) is 4.74 Å². The predicted molar refractivity (Wildman–Crippen MR) is 86.2 cm³/mol. The van der Waals surface area contributed by atoms with Crippen LogP contribution in [-0.2, 0) is 10.9 Å². The van der Waals surface area contributed by atoms with E-state index in [1.807, 2.05) is 4.68 Å². The highest BCUT2D eigenvalue weighted by Crippen LogP contribution is 2.37. The minimum Gasteiger partial charge on any atom is -0.371 e. The third kappa shape index (κ3) is 3.45. The zero-order valence-corrected chi connectivity index (χ0v) is 14.4. The summed E-state index contributed by atoms with van der Waals surface area (Å²) in [4.78, 5) is 2.22. The summed E-state index contributed by atoms with van der Waals surface area (Å²) >= 11 is 0. The molecule has 2 aliphatic rings. The number of morpholine rings is 1. The van der Waals surface area contributed by atoms with Crippen molar-refractivity contribution in [2.45, 2.75) is 44.1 Å². The fourth-order valence-electron chi connectivity index (χ4n) is 3.33. The van der Waals surface area contributed by atoms with Gasteiger partial charge in [-0.15, -0.1) is 5.10 Å². The van der Waals surface area contributed by atoms with Crippen molar-refractivity contribution in [1.29, 1.82) is 0 Å². The Hall–Kier alpha value is -2.00. The van der Waals surface area contributed by atoms with Crippen LogP contribution in [-0.4, -0.2) is 44.8 Å². The average Bonchev–Trinajstić information content (AvgIpc) is 3.37. The minimum atomic E-state index is -4.33. The van der Waals surface area contributed by atoms with E-state index in [-0.39, 0.29) is 12.1 Å². The van der Waals surface area contributed by atoms with E-state index in [0.717, 1.165) is 42.9 Å². The lowest BCUT2D eigenvalue weighted by atomic mass is 10.0. The molecule has 2 unspecified atom stereocenters. The smallest absolute Gasteiger partial charge is 0.371 e. The highest BCUT2D eigenvalue weighted by atomic mass is 19.4. The maximum Gasteiger partial charge on any atom is 0.416 e. The first-order chi connectivity index (χ1) is 12.4. The Balaban J connectivity index is 1.48. The Labute approximate surface area is 148 Å². The van der Waals surface area contributed by atoms with E-state index in [1.165, 1.54) is 12.1 Å². The van der Waals surface area contributed by atoms with Gasteiger partial charge in [0.25, 0.3) is 0 Å². The van der Waals surface area contributed by atoms with E-state index in [9.17, 15) is 13.2 Å². The van der Waals surface area contributed by atoms with Gasteiger partial charge in [0.05, 0.1) is 30.4 Å². The predicted octanol–water partition coefficient (Wildman–Crippen LogP) is 3.16. The van der Waals surface area contributed by atoms with Gasteiger partial charge in [0.2, 0.25) is 0 Å². The zero-order chi connectivity index (χ0) is 18.3. The molecule has 0 amide bonds. The summed E-state index contributed by atoms with van der Waals surface area (Å²) in [6.45, 7) is 3.89. The van der Waals surface area contributed by atoms with Gasteiger partial charge in [0, 0.05) is 13.1 Å². The van der Waals surface area contributed by atoms with E-state index >= 15 is 0 Å². The highest BCUT2D eigenvalue weighted by molar-refractivity contribution is 5.26. The lowest BCUT2D eigenvalue weighted by Crippen LogP contribution is -2.40. The molecule has 2 atom stereocenters. The Morgan fingerprint density at radius 3 is 2.58 bits per heavy atom. The van der Waals surface area contributed by atoms with Crippen LogP contribution in [0.3, 0.4) is 0 Å². The Kier molecular flexibility index (Phi) is 4.44. The van der Waals surface area contributed by atoms with Crippen LogP contribution in [0.2, 0.25) is 0 Å². The molecule has 2 aromatic rings. The second kappa shape index (κ2) is 6.62. The average molecular weight is 367 g/mol. The number of benzene rings is 1. The van der Waals surface area contributed by atoms with Crippen molar-refractivity contribution in [3.63, 3.8) is 0 Å². The first kappa shape index (κ1) is 17.4. The molecule has 4 rings (SSSR count).